The Bertz CT molecular complexity index is 1530. The number of carbonyl (C=O) groups excluding carboxylic acids is 3. The number of nitro groups is 1. The predicted molar refractivity (Wildman–Crippen MR) is 144 cm³/mol. The molecule has 3 aliphatic rings. The molecule has 200 valence electrons. The Morgan fingerprint density at radius 3 is 2.46 bits per heavy atom. The monoisotopic (exact) mass is 565 g/mol. The molecule has 0 bridgehead atoms. The number of aromatic nitrogens is 2. The molecule has 0 saturated carbocycles. The van der Waals surface area contributed by atoms with Crippen molar-refractivity contribution < 1.29 is 19.3 Å². The van der Waals surface area contributed by atoms with Crippen molar-refractivity contribution in [3.63, 3.8) is 0 Å². The maximum absolute atomic E-state index is 13.8. The van der Waals surface area contributed by atoms with Gasteiger partial charge in [-0.1, -0.05) is 29.2 Å². The van der Waals surface area contributed by atoms with Crippen molar-refractivity contribution in [2.24, 2.45) is 5.92 Å². The van der Waals surface area contributed by atoms with E-state index in [0.717, 1.165) is 47.3 Å². The van der Waals surface area contributed by atoms with Crippen LogP contribution in [-0.4, -0.2) is 55.4 Å². The standard InChI is InChI=1S/C26H23N5O6S2/c32-18(28-11-2-1-3-12-28)14-29-25-22(39-26(29)35)19(15-5-4-10-27-13-15)20-21(38-25)24(34)30(23(20)33)16-6-8-17(9-7-16)31(36)37/h4-10,13,19-21H,1-3,11-12,14H2. The van der Waals surface area contributed by atoms with Gasteiger partial charge in [0, 0.05) is 48.4 Å². The number of hydrogen-bond donors (Lipinski definition) is 0. The Morgan fingerprint density at radius 1 is 1.05 bits per heavy atom. The molecule has 0 N–H and O–H groups in total. The Balaban J connectivity index is 1.40. The highest BCUT2D eigenvalue weighted by Gasteiger charge is 2.57. The molecule has 3 amide bonds. The number of non-ortho nitro benzene ring substituents is 1. The maximum Gasteiger partial charge on any atom is 0.308 e. The molecule has 0 radical (unpaired) electrons. The van der Waals surface area contributed by atoms with E-state index in [-0.39, 0.29) is 28.7 Å². The second-order valence-electron chi connectivity index (χ2n) is 9.68. The lowest BCUT2D eigenvalue weighted by atomic mass is 9.84. The zero-order chi connectivity index (χ0) is 27.3. The minimum Gasteiger partial charge on any atom is -0.341 e. The minimum atomic E-state index is -0.837. The average molecular weight is 566 g/mol. The number of likely N-dealkylation sites (tertiary alicyclic amines) is 1. The van der Waals surface area contributed by atoms with Crippen LogP contribution in [0, 0.1) is 16.0 Å². The Labute approximate surface area is 230 Å². The van der Waals surface area contributed by atoms with Crippen LogP contribution in [0.15, 0.2) is 58.6 Å². The number of rotatable bonds is 5. The fourth-order valence-corrected chi connectivity index (χ4v) is 8.30. The quantitative estimate of drug-likeness (QED) is 0.262. The summed E-state index contributed by atoms with van der Waals surface area (Å²) in [6, 6.07) is 8.83. The van der Waals surface area contributed by atoms with E-state index in [1.807, 2.05) is 6.07 Å². The summed E-state index contributed by atoms with van der Waals surface area (Å²) in [6.07, 6.45) is 6.17. The minimum absolute atomic E-state index is 0.122. The molecular formula is C26H23N5O6S2. The summed E-state index contributed by atoms with van der Waals surface area (Å²) in [7, 11) is 0. The van der Waals surface area contributed by atoms with Crippen LogP contribution >= 0.6 is 23.1 Å². The van der Waals surface area contributed by atoms with Crippen LogP contribution in [-0.2, 0) is 20.9 Å². The molecule has 0 aliphatic carbocycles. The van der Waals surface area contributed by atoms with Gasteiger partial charge in [-0.15, -0.1) is 0 Å². The molecule has 3 atom stereocenters. The molecule has 2 saturated heterocycles. The molecule has 3 aromatic rings. The van der Waals surface area contributed by atoms with Crippen LogP contribution in [0.3, 0.4) is 0 Å². The fraction of sp³-hybridized carbons (Fsp3) is 0.346. The van der Waals surface area contributed by atoms with Gasteiger partial charge in [-0.25, -0.2) is 4.90 Å². The van der Waals surface area contributed by atoms with Gasteiger partial charge in [0.05, 0.1) is 21.6 Å². The Hall–Kier alpha value is -3.84. The second-order valence-corrected chi connectivity index (χ2v) is 11.8. The van der Waals surface area contributed by atoms with Gasteiger partial charge in [-0.2, -0.15) is 0 Å². The van der Waals surface area contributed by atoms with Crippen LogP contribution in [0.5, 0.6) is 0 Å². The van der Waals surface area contributed by atoms with E-state index in [4.69, 9.17) is 0 Å². The summed E-state index contributed by atoms with van der Waals surface area (Å²) in [5.41, 5.74) is 0.788. The number of imide groups is 1. The molecular weight excluding hydrogens is 542 g/mol. The van der Waals surface area contributed by atoms with Crippen molar-refractivity contribution >= 4 is 52.2 Å². The van der Waals surface area contributed by atoms with E-state index >= 15 is 0 Å². The van der Waals surface area contributed by atoms with Gasteiger partial charge in [0.1, 0.15) is 11.8 Å². The highest BCUT2D eigenvalue weighted by atomic mass is 32.2. The first-order chi connectivity index (χ1) is 18.8. The van der Waals surface area contributed by atoms with Gasteiger partial charge < -0.3 is 4.90 Å². The van der Waals surface area contributed by atoms with Crippen LogP contribution in [0.4, 0.5) is 11.4 Å². The largest absolute Gasteiger partial charge is 0.341 e. The normalized spacial score (nSPS) is 22.5. The molecule has 11 nitrogen and oxygen atoms in total. The predicted octanol–water partition coefficient (Wildman–Crippen LogP) is 3.02. The lowest BCUT2D eigenvalue weighted by Gasteiger charge is -2.31. The Kier molecular flexibility index (Phi) is 6.55. The van der Waals surface area contributed by atoms with Gasteiger partial charge in [-0.05, 0) is 43.0 Å². The van der Waals surface area contributed by atoms with E-state index in [0.29, 0.717) is 28.6 Å². The van der Waals surface area contributed by atoms with Crippen molar-refractivity contribution in [1.82, 2.24) is 14.5 Å². The number of hydrogen-bond acceptors (Lipinski definition) is 9. The van der Waals surface area contributed by atoms with E-state index in [9.17, 15) is 29.3 Å². The van der Waals surface area contributed by atoms with E-state index in [1.165, 1.54) is 28.8 Å². The third-order valence-corrected chi connectivity index (χ3v) is 10.0. The van der Waals surface area contributed by atoms with Crippen molar-refractivity contribution in [1.29, 1.82) is 0 Å². The summed E-state index contributed by atoms with van der Waals surface area (Å²) in [4.78, 5) is 71.8. The molecule has 13 heteroatoms. The Morgan fingerprint density at radius 2 is 1.79 bits per heavy atom. The number of piperidine rings is 1. The lowest BCUT2D eigenvalue weighted by molar-refractivity contribution is -0.384. The average Bonchev–Trinajstić information content (AvgIpc) is 3.40. The summed E-state index contributed by atoms with van der Waals surface area (Å²) in [6.45, 7) is 1.20. The number of fused-ring (bicyclic) bond motifs is 2. The molecule has 6 rings (SSSR count). The van der Waals surface area contributed by atoms with E-state index < -0.39 is 33.8 Å². The van der Waals surface area contributed by atoms with Crippen molar-refractivity contribution in [3.8, 4) is 0 Å². The van der Waals surface area contributed by atoms with E-state index in [2.05, 4.69) is 4.98 Å². The van der Waals surface area contributed by atoms with Crippen LogP contribution in [0.1, 0.15) is 35.6 Å². The molecule has 0 spiro atoms. The van der Waals surface area contributed by atoms with Gasteiger partial charge in [0.25, 0.3) is 5.69 Å². The first-order valence-electron chi connectivity index (χ1n) is 12.6. The smallest absolute Gasteiger partial charge is 0.308 e. The third kappa shape index (κ3) is 4.35. The highest BCUT2D eigenvalue weighted by molar-refractivity contribution is 8.00. The first-order valence-corrected chi connectivity index (χ1v) is 14.2. The highest BCUT2D eigenvalue weighted by Crippen LogP contribution is 2.53. The zero-order valence-corrected chi connectivity index (χ0v) is 22.2. The maximum atomic E-state index is 13.8. The van der Waals surface area contributed by atoms with Gasteiger partial charge >= 0.3 is 4.87 Å². The van der Waals surface area contributed by atoms with E-state index in [1.54, 1.807) is 23.4 Å². The van der Waals surface area contributed by atoms with Crippen LogP contribution < -0.4 is 9.77 Å². The van der Waals surface area contributed by atoms with Crippen molar-refractivity contribution in [2.45, 2.75) is 42.0 Å². The number of carbonyl (C=O) groups is 3. The van der Waals surface area contributed by atoms with Gasteiger partial charge in [-0.3, -0.25) is 38.8 Å². The van der Waals surface area contributed by atoms with Crippen LogP contribution in [0.2, 0.25) is 0 Å². The number of thioether (sulfide) groups is 1. The molecule has 1 aromatic carbocycles. The number of pyridine rings is 1. The summed E-state index contributed by atoms with van der Waals surface area (Å²) >= 11 is 2.14. The summed E-state index contributed by atoms with van der Waals surface area (Å²) < 4.78 is 1.44. The molecule has 5 heterocycles. The molecule has 2 aromatic heterocycles. The number of nitro benzene ring substituents is 1. The third-order valence-electron chi connectivity index (χ3n) is 7.41. The summed E-state index contributed by atoms with van der Waals surface area (Å²) in [5.74, 6) is -2.46. The molecule has 3 aliphatic heterocycles. The fourth-order valence-electron chi connectivity index (χ4n) is 5.53. The number of thiazole rings is 1. The molecule has 3 unspecified atom stereocenters. The number of benzene rings is 1. The van der Waals surface area contributed by atoms with Crippen molar-refractivity contribution in [2.75, 3.05) is 18.0 Å². The van der Waals surface area contributed by atoms with Gasteiger partial charge in [0.15, 0.2) is 0 Å². The first kappa shape index (κ1) is 25.4. The molecule has 39 heavy (non-hydrogen) atoms. The SMILES string of the molecule is O=C(Cn1c2c(sc1=O)C(c1cccnc1)C1C(=O)N(c3ccc([N+](=O)[O-])cc3)C(=O)C1S2)N1CCCCC1. The number of anilines is 1. The summed E-state index contributed by atoms with van der Waals surface area (Å²) in [5, 5.41) is 10.8. The second kappa shape index (κ2) is 10.0. The number of nitrogens with zero attached hydrogens (tertiary/aromatic N) is 5. The van der Waals surface area contributed by atoms with Crippen LogP contribution in [0.25, 0.3) is 0 Å². The molecule has 2 fully saturated rings. The zero-order valence-electron chi connectivity index (χ0n) is 20.6. The lowest BCUT2D eigenvalue weighted by Crippen LogP contribution is -2.39. The van der Waals surface area contributed by atoms with Gasteiger partial charge in [0.2, 0.25) is 17.7 Å². The topological polar surface area (TPSA) is 136 Å². The van der Waals surface area contributed by atoms with Crippen molar-refractivity contribution in [3.05, 3.63) is 79.0 Å². The number of amides is 3.